The molecule has 1 atom stereocenters. The maximum absolute atomic E-state index is 12.9. The second-order valence-electron chi connectivity index (χ2n) is 6.92. The minimum absolute atomic E-state index is 0.0410. The number of hydrogen-bond donors (Lipinski definition) is 0. The molecule has 0 N–H and O–H groups in total. The maximum Gasteiger partial charge on any atom is 0.257 e. The first kappa shape index (κ1) is 17.7. The van der Waals surface area contributed by atoms with E-state index in [-0.39, 0.29) is 17.9 Å². The molecule has 0 bridgehead atoms. The van der Waals surface area contributed by atoms with Gasteiger partial charge in [-0.05, 0) is 38.0 Å². The first-order valence-corrected chi connectivity index (χ1v) is 8.95. The summed E-state index contributed by atoms with van der Waals surface area (Å²) in [6.07, 6.45) is 3.74. The monoisotopic (exact) mass is 342 g/mol. The lowest BCUT2D eigenvalue weighted by molar-refractivity contribution is -0.00790. The minimum atomic E-state index is 0.0410. The Morgan fingerprint density at radius 3 is 2.96 bits per heavy atom. The van der Waals surface area contributed by atoms with E-state index in [2.05, 4.69) is 18.8 Å². The molecule has 0 radical (unpaired) electrons. The van der Waals surface area contributed by atoms with Crippen LogP contribution in [-0.2, 0) is 11.3 Å². The quantitative estimate of drug-likeness (QED) is 0.826. The molecule has 3 rings (SSSR count). The molecule has 1 aliphatic rings. The number of furan rings is 1. The van der Waals surface area contributed by atoms with E-state index in [0.29, 0.717) is 24.5 Å². The number of amides is 1. The van der Waals surface area contributed by atoms with Gasteiger partial charge in [-0.1, -0.05) is 19.9 Å². The first-order chi connectivity index (χ1) is 12.0. The van der Waals surface area contributed by atoms with Crippen LogP contribution in [0.15, 0.2) is 34.9 Å². The summed E-state index contributed by atoms with van der Waals surface area (Å²) in [6, 6.07) is 7.69. The lowest BCUT2D eigenvalue weighted by atomic mass is 10.1. The van der Waals surface area contributed by atoms with Gasteiger partial charge in [0.1, 0.15) is 11.5 Å². The Morgan fingerprint density at radius 1 is 1.44 bits per heavy atom. The summed E-state index contributed by atoms with van der Waals surface area (Å²) >= 11 is 0. The Bertz CT molecular complexity index is 709. The Balaban J connectivity index is 1.61. The standard InChI is InChI=1S/C20H26N2O3/c1-14(2)19-11-18(15(3)25-19)20(23)22-10-6-8-17(12-22)24-13-16-7-4-5-9-21-16/h4-5,7,9,11,14,17H,6,8,10,12-13H2,1-3H3/t17-/m1/s1. The van der Waals surface area contributed by atoms with Gasteiger partial charge >= 0.3 is 0 Å². The van der Waals surface area contributed by atoms with Crippen LogP contribution in [0.5, 0.6) is 0 Å². The van der Waals surface area contributed by atoms with Crippen molar-refractivity contribution in [2.45, 2.75) is 52.2 Å². The van der Waals surface area contributed by atoms with Gasteiger partial charge in [0.05, 0.1) is 24.0 Å². The van der Waals surface area contributed by atoms with Crippen molar-refractivity contribution in [1.82, 2.24) is 9.88 Å². The molecule has 0 unspecified atom stereocenters. The smallest absolute Gasteiger partial charge is 0.257 e. The molecule has 25 heavy (non-hydrogen) atoms. The highest BCUT2D eigenvalue weighted by molar-refractivity contribution is 5.95. The normalized spacial score (nSPS) is 17.9. The SMILES string of the molecule is Cc1oc(C(C)C)cc1C(=O)N1CCC[C@@H](OCc2ccccn2)C1. The molecule has 0 aromatic carbocycles. The molecule has 0 aliphatic carbocycles. The van der Waals surface area contributed by atoms with Gasteiger partial charge in [0.2, 0.25) is 0 Å². The van der Waals surface area contributed by atoms with E-state index in [9.17, 15) is 4.79 Å². The predicted molar refractivity (Wildman–Crippen MR) is 95.5 cm³/mol. The van der Waals surface area contributed by atoms with E-state index < -0.39 is 0 Å². The Hall–Kier alpha value is -2.14. The van der Waals surface area contributed by atoms with Gasteiger partial charge in [-0.3, -0.25) is 9.78 Å². The number of hydrogen-bond acceptors (Lipinski definition) is 4. The highest BCUT2D eigenvalue weighted by atomic mass is 16.5. The van der Waals surface area contributed by atoms with Crippen LogP contribution < -0.4 is 0 Å². The number of nitrogens with zero attached hydrogens (tertiary/aromatic N) is 2. The van der Waals surface area contributed by atoms with E-state index in [0.717, 1.165) is 30.8 Å². The topological polar surface area (TPSA) is 55.6 Å². The second-order valence-corrected chi connectivity index (χ2v) is 6.92. The number of ether oxygens (including phenoxy) is 1. The molecule has 1 fully saturated rings. The number of aromatic nitrogens is 1. The van der Waals surface area contributed by atoms with Gasteiger partial charge in [0.15, 0.2) is 0 Å². The lowest BCUT2D eigenvalue weighted by Crippen LogP contribution is -2.43. The molecular weight excluding hydrogens is 316 g/mol. The zero-order valence-corrected chi connectivity index (χ0v) is 15.2. The average Bonchev–Trinajstić information content (AvgIpc) is 3.02. The summed E-state index contributed by atoms with van der Waals surface area (Å²) in [5, 5.41) is 0. The Kier molecular flexibility index (Phi) is 5.53. The minimum Gasteiger partial charge on any atom is -0.465 e. The number of aryl methyl sites for hydroxylation is 1. The molecule has 0 saturated carbocycles. The fraction of sp³-hybridized carbons (Fsp3) is 0.500. The zero-order chi connectivity index (χ0) is 17.8. The highest BCUT2D eigenvalue weighted by Crippen LogP contribution is 2.24. The molecule has 1 amide bonds. The zero-order valence-electron chi connectivity index (χ0n) is 15.2. The van der Waals surface area contributed by atoms with Gasteiger partial charge in [-0.25, -0.2) is 0 Å². The molecule has 5 nitrogen and oxygen atoms in total. The summed E-state index contributed by atoms with van der Waals surface area (Å²) in [5.74, 6) is 1.88. The van der Waals surface area contributed by atoms with Crippen LogP contribution >= 0.6 is 0 Å². The average molecular weight is 342 g/mol. The van der Waals surface area contributed by atoms with Crippen molar-refractivity contribution in [3.8, 4) is 0 Å². The second kappa shape index (κ2) is 7.83. The predicted octanol–water partition coefficient (Wildman–Crippen LogP) is 3.93. The van der Waals surface area contributed by atoms with Gasteiger partial charge in [0.25, 0.3) is 5.91 Å². The van der Waals surface area contributed by atoms with Crippen LogP contribution in [0.2, 0.25) is 0 Å². The van der Waals surface area contributed by atoms with Crippen LogP contribution in [0.1, 0.15) is 60.2 Å². The van der Waals surface area contributed by atoms with Crippen molar-refractivity contribution in [2.75, 3.05) is 13.1 Å². The number of carbonyl (C=O) groups is 1. The molecule has 2 aromatic heterocycles. The van der Waals surface area contributed by atoms with Crippen molar-refractivity contribution >= 4 is 5.91 Å². The van der Waals surface area contributed by atoms with Gasteiger partial charge < -0.3 is 14.1 Å². The van der Waals surface area contributed by atoms with Crippen LogP contribution in [0.25, 0.3) is 0 Å². The summed E-state index contributed by atoms with van der Waals surface area (Å²) in [4.78, 5) is 19.0. The van der Waals surface area contributed by atoms with E-state index in [1.807, 2.05) is 36.1 Å². The third-order valence-corrected chi connectivity index (χ3v) is 4.59. The fourth-order valence-corrected chi connectivity index (χ4v) is 3.12. The van der Waals surface area contributed by atoms with Crippen molar-refractivity contribution in [3.05, 3.63) is 53.2 Å². The van der Waals surface area contributed by atoms with Crippen LogP contribution in [-0.4, -0.2) is 35.0 Å². The summed E-state index contributed by atoms with van der Waals surface area (Å²) in [7, 11) is 0. The Morgan fingerprint density at radius 2 is 2.28 bits per heavy atom. The highest BCUT2D eigenvalue weighted by Gasteiger charge is 2.27. The lowest BCUT2D eigenvalue weighted by Gasteiger charge is -2.32. The maximum atomic E-state index is 12.9. The number of likely N-dealkylation sites (tertiary alicyclic amines) is 1. The van der Waals surface area contributed by atoms with Crippen molar-refractivity contribution in [3.63, 3.8) is 0 Å². The van der Waals surface area contributed by atoms with Crippen LogP contribution in [0, 0.1) is 6.92 Å². The molecule has 3 heterocycles. The molecule has 134 valence electrons. The molecular formula is C20H26N2O3. The van der Waals surface area contributed by atoms with Gasteiger partial charge in [0, 0.05) is 25.2 Å². The Labute approximate surface area is 149 Å². The van der Waals surface area contributed by atoms with Crippen LogP contribution in [0.4, 0.5) is 0 Å². The van der Waals surface area contributed by atoms with Crippen molar-refractivity contribution < 1.29 is 13.9 Å². The van der Waals surface area contributed by atoms with E-state index in [1.54, 1.807) is 6.20 Å². The number of pyridine rings is 1. The van der Waals surface area contributed by atoms with E-state index >= 15 is 0 Å². The number of piperidine rings is 1. The fourth-order valence-electron chi connectivity index (χ4n) is 3.12. The summed E-state index contributed by atoms with van der Waals surface area (Å²) in [6.45, 7) is 7.86. The molecule has 0 spiro atoms. The van der Waals surface area contributed by atoms with Gasteiger partial charge in [-0.15, -0.1) is 0 Å². The third kappa shape index (κ3) is 4.28. The van der Waals surface area contributed by atoms with Crippen molar-refractivity contribution in [1.29, 1.82) is 0 Å². The van der Waals surface area contributed by atoms with E-state index in [4.69, 9.17) is 9.15 Å². The summed E-state index contributed by atoms with van der Waals surface area (Å²) < 4.78 is 11.7. The van der Waals surface area contributed by atoms with Crippen molar-refractivity contribution in [2.24, 2.45) is 0 Å². The third-order valence-electron chi connectivity index (χ3n) is 4.59. The molecule has 2 aromatic rings. The number of carbonyl (C=O) groups excluding carboxylic acids is 1. The molecule has 1 saturated heterocycles. The van der Waals surface area contributed by atoms with Crippen LogP contribution in [0.3, 0.4) is 0 Å². The first-order valence-electron chi connectivity index (χ1n) is 8.95. The molecule has 5 heteroatoms. The largest absolute Gasteiger partial charge is 0.465 e. The number of rotatable bonds is 5. The summed E-state index contributed by atoms with van der Waals surface area (Å²) in [5.41, 5.74) is 1.59. The molecule has 1 aliphatic heterocycles. The van der Waals surface area contributed by atoms with Gasteiger partial charge in [-0.2, -0.15) is 0 Å². The van der Waals surface area contributed by atoms with E-state index in [1.165, 1.54) is 0 Å².